The number of rotatable bonds is 9. The first-order valence-electron chi connectivity index (χ1n) is 10.6. The molecule has 0 bridgehead atoms. The summed E-state index contributed by atoms with van der Waals surface area (Å²) in [7, 11) is -2.89. The van der Waals surface area contributed by atoms with Crippen molar-refractivity contribution in [3.63, 3.8) is 0 Å². The number of nitrogens with one attached hydrogen (secondary N) is 1. The maximum absolute atomic E-state index is 13.3. The monoisotopic (exact) mass is 527 g/mol. The minimum Gasteiger partial charge on any atom is -0.501 e. The molecule has 1 aliphatic carbocycles. The van der Waals surface area contributed by atoms with Crippen LogP contribution in [-0.2, 0) is 19.5 Å². The van der Waals surface area contributed by atoms with Gasteiger partial charge in [0.1, 0.15) is 4.90 Å². The number of fused-ring (bicyclic) bond motifs is 1. The van der Waals surface area contributed by atoms with E-state index in [4.69, 9.17) is 9.47 Å². The Bertz CT molecular complexity index is 1430. The van der Waals surface area contributed by atoms with Gasteiger partial charge in [-0.2, -0.15) is 0 Å². The maximum atomic E-state index is 13.3. The minimum absolute atomic E-state index is 0.0296. The molecule has 0 atom stereocenters. The van der Waals surface area contributed by atoms with Gasteiger partial charge in [0.05, 0.1) is 36.8 Å². The van der Waals surface area contributed by atoms with Gasteiger partial charge in [0.2, 0.25) is 10.0 Å². The van der Waals surface area contributed by atoms with Crippen LogP contribution in [0.25, 0.3) is 22.4 Å². The van der Waals surface area contributed by atoms with Gasteiger partial charge in [0.15, 0.2) is 15.8 Å². The second-order valence-electron chi connectivity index (χ2n) is 8.17. The molecule has 1 N–H and O–H groups in total. The lowest BCUT2D eigenvalue weighted by atomic mass is 10.1. The highest BCUT2D eigenvalue weighted by Gasteiger charge is 2.42. The van der Waals surface area contributed by atoms with E-state index < -0.39 is 33.0 Å². The molecule has 0 saturated heterocycles. The lowest BCUT2D eigenvalue weighted by Gasteiger charge is -2.17. The molecule has 0 aromatic carbocycles. The third-order valence-electron chi connectivity index (χ3n) is 5.51. The van der Waals surface area contributed by atoms with Crippen LogP contribution in [0.1, 0.15) is 59.9 Å². The normalized spacial score (nSPS) is 15.3. The molecule has 1 aliphatic rings. The van der Waals surface area contributed by atoms with Gasteiger partial charge in [-0.05, 0) is 39.7 Å². The van der Waals surface area contributed by atoms with Crippen LogP contribution in [-0.4, -0.2) is 53.2 Å². The number of methoxy groups -OCH3 is 1. The second-order valence-corrected chi connectivity index (χ2v) is 10.8. The van der Waals surface area contributed by atoms with E-state index in [-0.39, 0.29) is 38.2 Å². The summed E-state index contributed by atoms with van der Waals surface area (Å²) in [4.78, 5) is 17.1. The summed E-state index contributed by atoms with van der Waals surface area (Å²) in [5.74, 6) is -0.745. The van der Waals surface area contributed by atoms with Gasteiger partial charge in [-0.15, -0.1) is 10.2 Å². The van der Waals surface area contributed by atoms with Gasteiger partial charge in [0.25, 0.3) is 6.43 Å². The number of nitrogens with zero attached hydrogens (tertiary/aromatic N) is 4. The van der Waals surface area contributed by atoms with E-state index in [0.29, 0.717) is 30.8 Å². The molecule has 0 aliphatic heterocycles. The van der Waals surface area contributed by atoms with E-state index in [2.05, 4.69) is 19.9 Å². The third kappa shape index (κ3) is 4.77. The molecule has 0 spiro atoms. The van der Waals surface area contributed by atoms with Gasteiger partial charge in [0, 0.05) is 17.3 Å². The molecule has 3 aromatic rings. The smallest absolute Gasteiger partial charge is 0.340 e. The molecule has 3 aromatic heterocycles. The third-order valence-corrected chi connectivity index (χ3v) is 8.19. The summed E-state index contributed by atoms with van der Waals surface area (Å²) < 4.78 is 67.3. The van der Waals surface area contributed by atoms with Crippen LogP contribution >= 0.6 is 11.3 Å². The quantitative estimate of drug-likeness (QED) is 0.330. The number of hydrogen-bond donors (Lipinski definition) is 1. The number of carbonyl (C=O) groups is 1. The molecule has 10 nitrogen and oxygen atoms in total. The molecule has 1 saturated carbocycles. The summed E-state index contributed by atoms with van der Waals surface area (Å²) in [5.41, 5.74) is 0.00685. The van der Waals surface area contributed by atoms with Gasteiger partial charge in [-0.25, -0.2) is 31.7 Å². The summed E-state index contributed by atoms with van der Waals surface area (Å²) >= 11 is 0.621. The first kappa shape index (κ1) is 25.1. The van der Waals surface area contributed by atoms with Crippen molar-refractivity contribution in [1.29, 1.82) is 0 Å². The van der Waals surface area contributed by atoms with Crippen molar-refractivity contribution >= 4 is 38.9 Å². The number of esters is 1. The average Bonchev–Trinajstić information content (AvgIpc) is 3.19. The fourth-order valence-corrected chi connectivity index (χ4v) is 5.92. The summed E-state index contributed by atoms with van der Waals surface area (Å²) in [6.07, 6.45) is 1.38. The number of alkyl halides is 2. The number of imidazole rings is 1. The molecular formula is C21H23F2N5O5S2. The molecule has 0 unspecified atom stereocenters. The van der Waals surface area contributed by atoms with Crippen LogP contribution in [0.3, 0.4) is 0 Å². The van der Waals surface area contributed by atoms with Crippen molar-refractivity contribution < 1.29 is 31.5 Å². The van der Waals surface area contributed by atoms with Crippen molar-refractivity contribution in [2.45, 2.75) is 50.5 Å². The Morgan fingerprint density at radius 2 is 2.09 bits per heavy atom. The molecule has 0 amide bonds. The molecule has 3 heterocycles. The zero-order chi connectivity index (χ0) is 25.5. The maximum Gasteiger partial charge on any atom is 0.340 e. The molecule has 188 valence electrons. The topological polar surface area (TPSA) is 125 Å². The van der Waals surface area contributed by atoms with Gasteiger partial charge < -0.3 is 9.47 Å². The largest absolute Gasteiger partial charge is 0.501 e. The first-order chi connectivity index (χ1) is 16.5. The highest BCUT2D eigenvalue weighted by Crippen LogP contribution is 2.38. The average molecular weight is 528 g/mol. The van der Waals surface area contributed by atoms with Gasteiger partial charge in [-0.1, -0.05) is 11.3 Å². The highest BCUT2D eigenvalue weighted by molar-refractivity contribution is 7.89. The zero-order valence-corrected chi connectivity index (χ0v) is 21.0. The van der Waals surface area contributed by atoms with E-state index >= 15 is 0 Å². The zero-order valence-electron chi connectivity index (χ0n) is 19.3. The Labute approximate surface area is 204 Å². The van der Waals surface area contributed by atoms with Crippen LogP contribution in [0.15, 0.2) is 17.2 Å². The Kier molecular flexibility index (Phi) is 6.64. The number of carbonyl (C=O) groups excluding carboxylic acids is 1. The predicted molar refractivity (Wildman–Crippen MR) is 124 cm³/mol. The van der Waals surface area contributed by atoms with Crippen molar-refractivity contribution in [2.75, 3.05) is 13.7 Å². The fraction of sp³-hybridized carbons (Fsp3) is 0.429. The standard InChI is InChI=1S/C21H23F2N5O5S2/c1-5-33-9-6-13-15-12(20(29)32-4)10-14(35(30,31)27-21(3)7-8-21)11(2)28(15)17(24-13)19-26-25-18(34-19)16(22)23/h6,9-10,16,27H,5,7-8H2,1-4H3/b9-6+. The summed E-state index contributed by atoms with van der Waals surface area (Å²) in [5, 5.41) is 6.87. The Morgan fingerprint density at radius 1 is 1.37 bits per heavy atom. The number of halogens is 2. The Morgan fingerprint density at radius 3 is 2.66 bits per heavy atom. The van der Waals surface area contributed by atoms with Crippen LogP contribution in [0.2, 0.25) is 0 Å². The number of sulfonamides is 1. The van der Waals surface area contributed by atoms with Gasteiger partial charge in [-0.3, -0.25) is 4.40 Å². The number of aromatic nitrogens is 4. The van der Waals surface area contributed by atoms with Gasteiger partial charge >= 0.3 is 5.97 Å². The Hall–Kier alpha value is -2.97. The molecule has 14 heteroatoms. The number of ether oxygens (including phenoxy) is 2. The molecule has 1 fully saturated rings. The summed E-state index contributed by atoms with van der Waals surface area (Å²) in [6.45, 7) is 5.47. The van der Waals surface area contributed by atoms with E-state index in [0.717, 1.165) is 0 Å². The van der Waals surface area contributed by atoms with Crippen LogP contribution < -0.4 is 4.72 Å². The van der Waals surface area contributed by atoms with Crippen LogP contribution in [0.4, 0.5) is 8.78 Å². The highest BCUT2D eigenvalue weighted by atomic mass is 32.2. The molecule has 0 radical (unpaired) electrons. The van der Waals surface area contributed by atoms with E-state index in [1.807, 2.05) is 0 Å². The van der Waals surface area contributed by atoms with Crippen molar-refractivity contribution in [1.82, 2.24) is 24.3 Å². The Balaban J connectivity index is 2.05. The summed E-state index contributed by atoms with van der Waals surface area (Å²) in [6, 6.07) is 1.23. The van der Waals surface area contributed by atoms with E-state index in [1.165, 1.54) is 36.8 Å². The lowest BCUT2D eigenvalue weighted by molar-refractivity contribution is 0.0602. The van der Waals surface area contributed by atoms with E-state index in [1.54, 1.807) is 13.8 Å². The molecular weight excluding hydrogens is 504 g/mol. The number of aryl methyl sites for hydroxylation is 1. The molecule has 4 rings (SSSR count). The number of hydrogen-bond acceptors (Lipinski definition) is 9. The second kappa shape index (κ2) is 9.24. The first-order valence-corrected chi connectivity index (χ1v) is 12.9. The predicted octanol–water partition coefficient (Wildman–Crippen LogP) is 3.72. The minimum atomic E-state index is -4.06. The van der Waals surface area contributed by atoms with E-state index in [9.17, 15) is 22.0 Å². The van der Waals surface area contributed by atoms with Crippen molar-refractivity contribution in [3.05, 3.63) is 34.3 Å². The van der Waals surface area contributed by atoms with Crippen LogP contribution in [0, 0.1) is 6.92 Å². The molecule has 35 heavy (non-hydrogen) atoms. The SMILES string of the molecule is CCO/C=C/c1nc(-c2nnc(C(F)F)s2)n2c(C)c(S(=O)(=O)NC3(C)CC3)cc(C(=O)OC)c12. The fourth-order valence-electron chi connectivity index (χ4n) is 3.52. The lowest BCUT2D eigenvalue weighted by Crippen LogP contribution is -2.35. The van der Waals surface area contributed by atoms with Crippen LogP contribution in [0.5, 0.6) is 0 Å². The number of pyridine rings is 1. The van der Waals surface area contributed by atoms with Crippen molar-refractivity contribution in [2.24, 2.45) is 0 Å². The van der Waals surface area contributed by atoms with Crippen molar-refractivity contribution in [3.8, 4) is 10.8 Å².